The second kappa shape index (κ2) is 4.76. The molecule has 1 aromatic rings. The molecule has 0 radical (unpaired) electrons. The molecule has 0 spiro atoms. The predicted molar refractivity (Wildman–Crippen MR) is 63.0 cm³/mol. The summed E-state index contributed by atoms with van der Waals surface area (Å²) in [6.07, 6.45) is -5.04. The van der Waals surface area contributed by atoms with Crippen LogP contribution in [0.15, 0.2) is 23.1 Å². The van der Waals surface area contributed by atoms with Crippen molar-refractivity contribution in [1.29, 1.82) is 0 Å². The zero-order valence-electron chi connectivity index (χ0n) is 10.1. The quantitative estimate of drug-likeness (QED) is 0.930. The first kappa shape index (κ1) is 14.8. The zero-order chi connectivity index (χ0) is 15.1. The van der Waals surface area contributed by atoms with Crippen LogP contribution in [0.2, 0.25) is 0 Å². The smallest absolute Gasteiger partial charge is 0.416 e. The van der Waals surface area contributed by atoms with Crippen molar-refractivity contribution in [3.8, 4) is 0 Å². The third-order valence-electron chi connectivity index (χ3n) is 3.26. The predicted octanol–water partition coefficient (Wildman–Crippen LogP) is 2.27. The number of aliphatic carboxylic acids is 1. The highest BCUT2D eigenvalue weighted by Gasteiger charge is 2.39. The highest BCUT2D eigenvalue weighted by molar-refractivity contribution is 7.92. The fourth-order valence-electron chi connectivity index (χ4n) is 2.27. The molecule has 1 heterocycles. The summed E-state index contributed by atoms with van der Waals surface area (Å²) in [5.74, 6) is -1.13. The van der Waals surface area contributed by atoms with Gasteiger partial charge in [-0.05, 0) is 36.6 Å². The Morgan fingerprint density at radius 3 is 2.55 bits per heavy atom. The molecule has 0 aliphatic carbocycles. The van der Waals surface area contributed by atoms with Crippen molar-refractivity contribution in [3.63, 3.8) is 0 Å². The number of benzene rings is 1. The molecule has 0 amide bonds. The van der Waals surface area contributed by atoms with Crippen LogP contribution >= 0.6 is 0 Å². The number of halogens is 3. The van der Waals surface area contributed by atoms with Crippen LogP contribution in [-0.2, 0) is 27.2 Å². The molecule has 1 aliphatic heterocycles. The number of fused-ring (bicyclic) bond motifs is 1. The fourth-order valence-corrected chi connectivity index (χ4v) is 4.22. The van der Waals surface area contributed by atoms with Gasteiger partial charge in [-0.3, -0.25) is 4.79 Å². The lowest BCUT2D eigenvalue weighted by atomic mass is 10.0. The average Bonchev–Trinajstić information content (AvgIpc) is 2.57. The third kappa shape index (κ3) is 2.65. The van der Waals surface area contributed by atoms with Crippen LogP contribution in [-0.4, -0.2) is 24.7 Å². The van der Waals surface area contributed by atoms with Crippen LogP contribution in [0.3, 0.4) is 0 Å². The molecule has 4 nitrogen and oxygen atoms in total. The Morgan fingerprint density at radius 1 is 1.35 bits per heavy atom. The summed E-state index contributed by atoms with van der Waals surface area (Å²) >= 11 is 0. The monoisotopic (exact) mass is 308 g/mol. The van der Waals surface area contributed by atoms with Crippen LogP contribution in [0.25, 0.3) is 0 Å². The van der Waals surface area contributed by atoms with Gasteiger partial charge >= 0.3 is 12.1 Å². The standard InChI is InChI=1S/C12H11F3O4S/c13-12(14,15)8-1-3-10-7(5-8)6-9(20(10,18)19)2-4-11(16)17/h1,3,5,9H,2,4,6H2,(H,16,17). The highest BCUT2D eigenvalue weighted by atomic mass is 32.2. The van der Waals surface area contributed by atoms with Crippen molar-refractivity contribution >= 4 is 15.8 Å². The lowest BCUT2D eigenvalue weighted by Gasteiger charge is -2.07. The molecule has 8 heteroatoms. The number of sulfone groups is 1. The maximum absolute atomic E-state index is 12.6. The largest absolute Gasteiger partial charge is 0.481 e. The van der Waals surface area contributed by atoms with Gasteiger partial charge in [0.05, 0.1) is 15.7 Å². The fraction of sp³-hybridized carbons (Fsp3) is 0.417. The van der Waals surface area contributed by atoms with E-state index in [4.69, 9.17) is 5.11 Å². The van der Waals surface area contributed by atoms with Gasteiger partial charge in [-0.2, -0.15) is 13.2 Å². The molecule has 0 fully saturated rings. The molecule has 20 heavy (non-hydrogen) atoms. The van der Waals surface area contributed by atoms with E-state index in [1.54, 1.807) is 0 Å². The van der Waals surface area contributed by atoms with Gasteiger partial charge in [-0.15, -0.1) is 0 Å². The van der Waals surface area contributed by atoms with E-state index in [9.17, 15) is 26.4 Å². The minimum Gasteiger partial charge on any atom is -0.481 e. The van der Waals surface area contributed by atoms with Crippen LogP contribution in [0.5, 0.6) is 0 Å². The number of hydrogen-bond donors (Lipinski definition) is 1. The Morgan fingerprint density at radius 2 is 2.00 bits per heavy atom. The van der Waals surface area contributed by atoms with Gasteiger partial charge in [-0.1, -0.05) is 0 Å². The maximum Gasteiger partial charge on any atom is 0.416 e. The first-order valence-electron chi connectivity index (χ1n) is 5.78. The molecule has 0 saturated carbocycles. The molecule has 110 valence electrons. The minimum atomic E-state index is -4.53. The summed E-state index contributed by atoms with van der Waals surface area (Å²) in [5.41, 5.74) is -0.791. The van der Waals surface area contributed by atoms with Crippen molar-refractivity contribution in [2.75, 3.05) is 0 Å². The van der Waals surface area contributed by atoms with Crippen molar-refractivity contribution in [2.45, 2.75) is 35.6 Å². The second-order valence-corrected chi connectivity index (χ2v) is 6.82. The number of carbonyl (C=O) groups is 1. The second-order valence-electron chi connectivity index (χ2n) is 4.62. The molecular formula is C12H11F3O4S. The first-order valence-corrected chi connectivity index (χ1v) is 7.33. The Labute approximate surface area is 113 Å². The molecule has 1 atom stereocenters. The zero-order valence-corrected chi connectivity index (χ0v) is 11.0. The van der Waals surface area contributed by atoms with E-state index in [0.717, 1.165) is 18.2 Å². The number of carboxylic acid groups (broad SMARTS) is 1. The summed E-state index contributed by atoms with van der Waals surface area (Å²) in [6, 6.07) is 2.51. The van der Waals surface area contributed by atoms with Crippen molar-refractivity contribution in [3.05, 3.63) is 29.3 Å². The summed E-state index contributed by atoms with van der Waals surface area (Å²) in [4.78, 5) is 10.4. The van der Waals surface area contributed by atoms with Crippen molar-refractivity contribution in [2.24, 2.45) is 0 Å². The van der Waals surface area contributed by atoms with Crippen LogP contribution in [0.4, 0.5) is 13.2 Å². The molecule has 0 aromatic heterocycles. The number of alkyl halides is 3. The minimum absolute atomic E-state index is 0.0745. The highest BCUT2D eigenvalue weighted by Crippen LogP contribution is 2.37. The van der Waals surface area contributed by atoms with Gasteiger partial charge in [0.1, 0.15) is 0 Å². The third-order valence-corrected chi connectivity index (χ3v) is 5.55. The number of hydrogen-bond acceptors (Lipinski definition) is 3. The van der Waals surface area contributed by atoms with E-state index in [2.05, 4.69) is 0 Å². The van der Waals surface area contributed by atoms with Gasteiger partial charge in [0, 0.05) is 6.42 Å². The number of rotatable bonds is 3. The molecule has 1 aromatic carbocycles. The van der Waals surface area contributed by atoms with Crippen LogP contribution in [0.1, 0.15) is 24.0 Å². The van der Waals surface area contributed by atoms with Crippen LogP contribution < -0.4 is 0 Å². The molecule has 1 N–H and O–H groups in total. The molecule has 0 saturated heterocycles. The van der Waals surface area contributed by atoms with Gasteiger partial charge in [0.15, 0.2) is 9.84 Å². The maximum atomic E-state index is 12.6. The number of carboxylic acids is 1. The van der Waals surface area contributed by atoms with E-state index in [1.165, 1.54) is 0 Å². The molecule has 2 rings (SSSR count). The van der Waals surface area contributed by atoms with Gasteiger partial charge in [0.25, 0.3) is 0 Å². The summed E-state index contributed by atoms with van der Waals surface area (Å²) in [6.45, 7) is 0. The topological polar surface area (TPSA) is 71.4 Å². The van der Waals surface area contributed by atoms with E-state index < -0.39 is 32.8 Å². The van der Waals surface area contributed by atoms with Crippen molar-refractivity contribution < 1.29 is 31.5 Å². The molecule has 1 aliphatic rings. The van der Waals surface area contributed by atoms with E-state index >= 15 is 0 Å². The molecular weight excluding hydrogens is 297 g/mol. The molecule has 1 unspecified atom stereocenters. The van der Waals surface area contributed by atoms with Gasteiger partial charge < -0.3 is 5.11 Å². The Bertz CT molecular complexity index is 649. The lowest BCUT2D eigenvalue weighted by molar-refractivity contribution is -0.138. The average molecular weight is 308 g/mol. The van der Waals surface area contributed by atoms with Gasteiger partial charge in [-0.25, -0.2) is 8.42 Å². The summed E-state index contributed by atoms with van der Waals surface area (Å²) in [5, 5.41) is 7.61. The van der Waals surface area contributed by atoms with E-state index in [0.29, 0.717) is 0 Å². The summed E-state index contributed by atoms with van der Waals surface area (Å²) < 4.78 is 61.9. The van der Waals surface area contributed by atoms with Crippen LogP contribution in [0, 0.1) is 0 Å². The van der Waals surface area contributed by atoms with Gasteiger partial charge in [0.2, 0.25) is 0 Å². The summed E-state index contributed by atoms with van der Waals surface area (Å²) in [7, 11) is -3.73. The lowest BCUT2D eigenvalue weighted by Crippen LogP contribution is -2.18. The normalized spacial score (nSPS) is 20.6. The Kier molecular flexibility index (Phi) is 3.53. The van der Waals surface area contributed by atoms with Crippen molar-refractivity contribution in [1.82, 2.24) is 0 Å². The van der Waals surface area contributed by atoms with E-state index in [-0.39, 0.29) is 29.7 Å². The first-order chi connectivity index (χ1) is 9.12. The SMILES string of the molecule is O=C(O)CCC1Cc2cc(C(F)(F)F)ccc2S1(=O)=O. The Balaban J connectivity index is 2.34. The van der Waals surface area contributed by atoms with E-state index in [1.807, 2.05) is 0 Å². The Hall–Kier alpha value is -1.57. The molecule has 0 bridgehead atoms.